The zero-order valence-electron chi connectivity index (χ0n) is 14.1. The van der Waals surface area contributed by atoms with E-state index in [9.17, 15) is 5.11 Å². The Morgan fingerprint density at radius 2 is 1.96 bits per heavy atom. The van der Waals surface area contributed by atoms with Gasteiger partial charge in [0, 0.05) is 14.1 Å². The zero-order chi connectivity index (χ0) is 17.1. The van der Waals surface area contributed by atoms with Gasteiger partial charge in [0.15, 0.2) is 29.0 Å². The maximum atomic E-state index is 9.61. The van der Waals surface area contributed by atoms with Gasteiger partial charge in [-0.25, -0.2) is 15.0 Å². The molecule has 2 aromatic rings. The SMILES string of the molecule is CN(C)c1ncnc2c1ncn2[C@@H]1O[C@H](CO)[C@H]2OC(C)(C)O[C@H]21. The van der Waals surface area contributed by atoms with E-state index >= 15 is 0 Å². The van der Waals surface area contributed by atoms with Gasteiger partial charge >= 0.3 is 0 Å². The van der Waals surface area contributed by atoms with E-state index in [1.54, 1.807) is 6.33 Å². The minimum Gasteiger partial charge on any atom is -0.394 e. The highest BCUT2D eigenvalue weighted by Crippen LogP contribution is 2.43. The Labute approximate surface area is 139 Å². The van der Waals surface area contributed by atoms with Crippen LogP contribution in [0.3, 0.4) is 0 Å². The number of ether oxygens (including phenoxy) is 3. The van der Waals surface area contributed by atoms with E-state index in [2.05, 4.69) is 15.0 Å². The van der Waals surface area contributed by atoms with Crippen molar-refractivity contribution in [3.05, 3.63) is 12.7 Å². The fourth-order valence-electron chi connectivity index (χ4n) is 3.38. The van der Waals surface area contributed by atoms with Crippen molar-refractivity contribution in [3.8, 4) is 0 Å². The Bertz CT molecular complexity index is 761. The smallest absolute Gasteiger partial charge is 0.167 e. The van der Waals surface area contributed by atoms with Crippen LogP contribution >= 0.6 is 0 Å². The molecule has 0 spiro atoms. The lowest BCUT2D eigenvalue weighted by molar-refractivity contribution is -0.199. The van der Waals surface area contributed by atoms with Crippen LogP contribution in [-0.4, -0.2) is 69.4 Å². The molecule has 2 aliphatic heterocycles. The van der Waals surface area contributed by atoms with Gasteiger partial charge in [0.2, 0.25) is 0 Å². The number of hydrogen-bond acceptors (Lipinski definition) is 8. The van der Waals surface area contributed by atoms with Crippen molar-refractivity contribution >= 4 is 17.0 Å². The lowest BCUT2D eigenvalue weighted by Crippen LogP contribution is -2.31. The summed E-state index contributed by atoms with van der Waals surface area (Å²) in [5, 5.41) is 9.61. The molecule has 4 heterocycles. The van der Waals surface area contributed by atoms with Crippen LogP contribution < -0.4 is 4.90 Å². The quantitative estimate of drug-likeness (QED) is 0.856. The zero-order valence-corrected chi connectivity index (χ0v) is 14.1. The second-order valence-corrected chi connectivity index (χ2v) is 6.73. The standard InChI is InChI=1S/C15H21N5O4/c1-15(2)23-10-8(5-21)22-14(11(10)24-15)20-7-18-9-12(19(3)4)16-6-17-13(9)20/h6-8,10-11,14,21H,5H2,1-4H3/t8-,10-,11-,14-/m1/s1. The van der Waals surface area contributed by atoms with Gasteiger partial charge in [-0.1, -0.05) is 0 Å². The first kappa shape index (κ1) is 15.7. The normalized spacial score (nSPS) is 31.5. The molecule has 130 valence electrons. The average Bonchev–Trinajstić information content (AvgIpc) is 3.17. The van der Waals surface area contributed by atoms with Crippen molar-refractivity contribution in [2.75, 3.05) is 25.6 Å². The second-order valence-electron chi connectivity index (χ2n) is 6.73. The van der Waals surface area contributed by atoms with Crippen LogP contribution in [0.4, 0.5) is 5.82 Å². The molecule has 9 heteroatoms. The highest BCUT2D eigenvalue weighted by atomic mass is 16.8. The Balaban J connectivity index is 1.76. The van der Waals surface area contributed by atoms with Gasteiger partial charge in [-0.2, -0.15) is 0 Å². The molecule has 4 rings (SSSR count). The molecule has 2 saturated heterocycles. The van der Waals surface area contributed by atoms with E-state index in [0.29, 0.717) is 11.2 Å². The van der Waals surface area contributed by atoms with E-state index < -0.39 is 18.1 Å². The molecule has 1 N–H and O–H groups in total. The van der Waals surface area contributed by atoms with E-state index in [0.717, 1.165) is 5.82 Å². The molecule has 0 saturated carbocycles. The number of imidazole rings is 1. The monoisotopic (exact) mass is 335 g/mol. The second kappa shape index (κ2) is 5.35. The van der Waals surface area contributed by atoms with Crippen LogP contribution in [0.15, 0.2) is 12.7 Å². The van der Waals surface area contributed by atoms with Gasteiger partial charge < -0.3 is 24.2 Å². The van der Waals surface area contributed by atoms with Gasteiger partial charge in [0.05, 0.1) is 12.9 Å². The molecule has 0 aromatic carbocycles. The van der Waals surface area contributed by atoms with E-state index in [4.69, 9.17) is 14.2 Å². The van der Waals surface area contributed by atoms with Gasteiger partial charge in [-0.3, -0.25) is 4.57 Å². The largest absolute Gasteiger partial charge is 0.394 e. The van der Waals surface area contributed by atoms with Crippen LogP contribution in [0.1, 0.15) is 20.1 Å². The summed E-state index contributed by atoms with van der Waals surface area (Å²) < 4.78 is 19.7. The Kier molecular flexibility index (Phi) is 3.50. The predicted molar refractivity (Wildman–Crippen MR) is 84.5 cm³/mol. The number of aliphatic hydroxyl groups excluding tert-OH is 1. The van der Waals surface area contributed by atoms with Gasteiger partial charge in [0.1, 0.15) is 24.6 Å². The van der Waals surface area contributed by atoms with Crippen molar-refractivity contribution in [1.29, 1.82) is 0 Å². The summed E-state index contributed by atoms with van der Waals surface area (Å²) in [7, 11) is 3.81. The first-order valence-electron chi connectivity index (χ1n) is 7.88. The number of nitrogens with zero attached hydrogens (tertiary/aromatic N) is 5. The summed E-state index contributed by atoms with van der Waals surface area (Å²) in [5.41, 5.74) is 1.35. The molecule has 2 fully saturated rings. The maximum absolute atomic E-state index is 9.61. The van der Waals surface area contributed by atoms with Gasteiger partial charge in [-0.15, -0.1) is 0 Å². The summed E-state index contributed by atoms with van der Waals surface area (Å²) in [6.45, 7) is 3.58. The molecule has 24 heavy (non-hydrogen) atoms. The number of hydrogen-bond donors (Lipinski definition) is 1. The Morgan fingerprint density at radius 1 is 1.21 bits per heavy atom. The first-order valence-corrected chi connectivity index (χ1v) is 7.88. The average molecular weight is 335 g/mol. The van der Waals surface area contributed by atoms with Crippen molar-refractivity contribution in [3.63, 3.8) is 0 Å². The van der Waals surface area contributed by atoms with E-state index in [1.807, 2.05) is 37.4 Å². The minimum atomic E-state index is -0.717. The van der Waals surface area contributed by atoms with Gasteiger partial charge in [-0.05, 0) is 13.8 Å². The number of aromatic nitrogens is 4. The fourth-order valence-corrected chi connectivity index (χ4v) is 3.38. The number of fused-ring (bicyclic) bond motifs is 2. The first-order chi connectivity index (χ1) is 11.4. The van der Waals surface area contributed by atoms with Crippen LogP contribution in [0, 0.1) is 0 Å². The number of rotatable bonds is 3. The molecule has 2 aliphatic rings. The summed E-state index contributed by atoms with van der Waals surface area (Å²) >= 11 is 0. The molecule has 0 radical (unpaired) electrons. The van der Waals surface area contributed by atoms with Crippen molar-refractivity contribution in [2.24, 2.45) is 0 Å². The Morgan fingerprint density at radius 3 is 2.67 bits per heavy atom. The summed E-state index contributed by atoms with van der Waals surface area (Å²) in [6, 6.07) is 0. The lowest BCUT2D eigenvalue weighted by atomic mass is 10.1. The molecule has 2 aromatic heterocycles. The van der Waals surface area contributed by atoms with Crippen LogP contribution in [-0.2, 0) is 14.2 Å². The van der Waals surface area contributed by atoms with Crippen molar-refractivity contribution in [2.45, 2.75) is 44.2 Å². The summed E-state index contributed by atoms with van der Waals surface area (Å²) in [4.78, 5) is 14.9. The molecular formula is C15H21N5O4. The molecule has 0 unspecified atom stereocenters. The molecule has 0 amide bonds. The lowest BCUT2D eigenvalue weighted by Gasteiger charge is -2.24. The molecule has 9 nitrogen and oxygen atoms in total. The van der Waals surface area contributed by atoms with Crippen LogP contribution in [0.25, 0.3) is 11.2 Å². The minimum absolute atomic E-state index is 0.137. The summed E-state index contributed by atoms with van der Waals surface area (Å²) in [6.07, 6.45) is 1.58. The van der Waals surface area contributed by atoms with Crippen molar-refractivity contribution < 1.29 is 19.3 Å². The predicted octanol–water partition coefficient (Wildman–Crippen LogP) is 0.302. The number of anilines is 1. The van der Waals surface area contributed by atoms with E-state index in [1.165, 1.54) is 6.33 Å². The maximum Gasteiger partial charge on any atom is 0.167 e. The fraction of sp³-hybridized carbons (Fsp3) is 0.667. The topological polar surface area (TPSA) is 94.8 Å². The molecule has 0 bridgehead atoms. The van der Waals surface area contributed by atoms with Gasteiger partial charge in [0.25, 0.3) is 0 Å². The third kappa shape index (κ3) is 2.27. The summed E-state index contributed by atoms with van der Waals surface area (Å²) in [5.74, 6) is 0.0150. The highest BCUT2D eigenvalue weighted by molar-refractivity contribution is 5.83. The third-order valence-corrected chi connectivity index (χ3v) is 4.34. The number of aliphatic hydroxyl groups is 1. The van der Waals surface area contributed by atoms with Crippen LogP contribution in [0.5, 0.6) is 0 Å². The Hall–Kier alpha value is -1.81. The molecule has 0 aliphatic carbocycles. The van der Waals surface area contributed by atoms with Crippen LogP contribution in [0.2, 0.25) is 0 Å². The van der Waals surface area contributed by atoms with E-state index in [-0.39, 0.29) is 18.8 Å². The third-order valence-electron chi connectivity index (χ3n) is 4.34. The molecular weight excluding hydrogens is 314 g/mol. The van der Waals surface area contributed by atoms with Crippen molar-refractivity contribution in [1.82, 2.24) is 19.5 Å². The molecule has 4 atom stereocenters. The highest BCUT2D eigenvalue weighted by Gasteiger charge is 2.55.